The molecule has 3 heterocycles. The van der Waals surface area contributed by atoms with Crippen molar-refractivity contribution in [2.24, 2.45) is 4.99 Å². The number of benzene rings is 1. The van der Waals surface area contributed by atoms with E-state index >= 15 is 0 Å². The normalized spacial score (nSPS) is 22.5. The summed E-state index contributed by atoms with van der Waals surface area (Å²) in [5.74, 6) is -1.59. The highest BCUT2D eigenvalue weighted by Gasteiger charge is 2.44. The molecule has 1 atom stereocenters. The molecule has 0 bridgehead atoms. The number of nitrogens with zero attached hydrogens (tertiary/aromatic N) is 2. The molecule has 1 aromatic carbocycles. The lowest BCUT2D eigenvalue weighted by Crippen LogP contribution is -2.46. The molecule has 1 unspecified atom stereocenters. The van der Waals surface area contributed by atoms with Crippen molar-refractivity contribution in [3.63, 3.8) is 0 Å². The first kappa shape index (κ1) is 18.6. The number of hydrogen-bond acceptors (Lipinski definition) is 6. The summed E-state index contributed by atoms with van der Waals surface area (Å²) in [5.41, 5.74) is 3.68. The van der Waals surface area contributed by atoms with Crippen molar-refractivity contribution in [2.45, 2.75) is 18.8 Å². The maximum atomic E-state index is 13.7. The molecule has 0 aliphatic carbocycles. The van der Waals surface area contributed by atoms with Crippen LogP contribution in [0.2, 0.25) is 5.02 Å². The molecule has 2 N–H and O–H groups in total. The van der Waals surface area contributed by atoms with Crippen molar-refractivity contribution < 1.29 is 27.4 Å². The fourth-order valence-electron chi connectivity index (χ4n) is 2.99. The lowest BCUT2D eigenvalue weighted by molar-refractivity contribution is -0.286. The van der Waals surface area contributed by atoms with E-state index in [0.717, 1.165) is 0 Å². The Kier molecular flexibility index (Phi) is 4.47. The van der Waals surface area contributed by atoms with Gasteiger partial charge in [-0.05, 0) is 24.6 Å². The van der Waals surface area contributed by atoms with Gasteiger partial charge in [0.25, 0.3) is 0 Å². The molecule has 148 valence electrons. The Morgan fingerprint density at radius 1 is 1.39 bits per heavy atom. The molecule has 0 saturated carbocycles. The Morgan fingerprint density at radius 2 is 2.11 bits per heavy atom. The number of dihydropyridines is 1. The zero-order chi connectivity index (χ0) is 20.1. The molecule has 28 heavy (non-hydrogen) atoms. The minimum absolute atomic E-state index is 0.120. The highest BCUT2D eigenvalue weighted by molar-refractivity contribution is 6.32. The first-order chi connectivity index (χ1) is 13.2. The van der Waals surface area contributed by atoms with Gasteiger partial charge >= 0.3 is 6.29 Å². The fourth-order valence-corrected chi connectivity index (χ4v) is 3.24. The minimum atomic E-state index is -3.76. The number of carbonyl (C=O) groups is 1. The third kappa shape index (κ3) is 3.40. The van der Waals surface area contributed by atoms with Crippen LogP contribution in [0.25, 0.3) is 5.70 Å². The van der Waals surface area contributed by atoms with Crippen molar-refractivity contribution in [1.29, 1.82) is 0 Å². The molecule has 0 spiro atoms. The number of carbonyl (C=O) groups excluding carboxylic acids is 1. The second-order valence-corrected chi connectivity index (χ2v) is 6.63. The Labute approximate surface area is 162 Å². The average Bonchev–Trinajstić information content (AvgIpc) is 3.14. The van der Waals surface area contributed by atoms with Crippen molar-refractivity contribution >= 4 is 29.0 Å². The molecule has 4 rings (SSSR count). The Bertz CT molecular complexity index is 948. The van der Waals surface area contributed by atoms with Gasteiger partial charge in [0.15, 0.2) is 23.2 Å². The molecule has 0 aromatic heterocycles. The third-order valence-electron chi connectivity index (χ3n) is 4.26. The predicted octanol–water partition coefficient (Wildman–Crippen LogP) is 2.59. The first-order valence-electron chi connectivity index (χ1n) is 8.26. The van der Waals surface area contributed by atoms with Gasteiger partial charge in [-0.3, -0.25) is 9.79 Å². The van der Waals surface area contributed by atoms with E-state index < -0.39 is 24.1 Å². The molecular formula is C17H14ClF3N4O3. The third-order valence-corrected chi connectivity index (χ3v) is 4.57. The molecule has 1 amide bonds. The number of halogens is 4. The largest absolute Gasteiger partial charge is 0.586 e. The summed E-state index contributed by atoms with van der Waals surface area (Å²) in [7, 11) is 1.62. The maximum absolute atomic E-state index is 13.7. The Hall–Kier alpha value is -2.72. The number of ether oxygens (including phenoxy) is 2. The zero-order valence-electron chi connectivity index (χ0n) is 14.4. The van der Waals surface area contributed by atoms with E-state index in [1.807, 2.05) is 0 Å². The monoisotopic (exact) mass is 414 g/mol. The topological polar surface area (TPSA) is 75.2 Å². The quantitative estimate of drug-likeness (QED) is 0.778. The maximum Gasteiger partial charge on any atom is 0.586 e. The molecule has 1 aromatic rings. The van der Waals surface area contributed by atoms with Gasteiger partial charge in [0.2, 0.25) is 5.91 Å². The molecule has 3 aliphatic heterocycles. The number of aliphatic imine (C=N–C) groups is 1. The van der Waals surface area contributed by atoms with Crippen LogP contribution in [-0.4, -0.2) is 42.7 Å². The van der Waals surface area contributed by atoms with Crippen LogP contribution in [0.3, 0.4) is 0 Å². The van der Waals surface area contributed by atoms with Gasteiger partial charge in [0, 0.05) is 25.2 Å². The number of rotatable bonds is 2. The standard InChI is InChI=1S/C17H14ClF3N4O3/c1-25-12(8-5-13-14(6-9(8)18)28-17(20,21)27-13)7-11(24-25)16(26)23-15-10(19)3-2-4-22-15/h3,5-7,11,24H,2,4H2,1H3,(H,22,23,26). The summed E-state index contributed by atoms with van der Waals surface area (Å²) in [6, 6.07) is 1.67. The molecule has 3 aliphatic rings. The van der Waals surface area contributed by atoms with Crippen LogP contribution in [0.15, 0.2) is 35.1 Å². The molecule has 0 saturated heterocycles. The van der Waals surface area contributed by atoms with Crippen LogP contribution in [0.5, 0.6) is 11.5 Å². The number of fused-ring (bicyclic) bond motifs is 1. The van der Waals surface area contributed by atoms with Crippen LogP contribution in [-0.2, 0) is 4.79 Å². The Morgan fingerprint density at radius 3 is 2.82 bits per heavy atom. The van der Waals surface area contributed by atoms with Crippen LogP contribution in [0.1, 0.15) is 12.0 Å². The summed E-state index contributed by atoms with van der Waals surface area (Å²) in [6.45, 7) is 0.388. The lowest BCUT2D eigenvalue weighted by atomic mass is 10.1. The second kappa shape index (κ2) is 6.71. The predicted molar refractivity (Wildman–Crippen MR) is 94.6 cm³/mol. The van der Waals surface area contributed by atoms with E-state index in [0.29, 0.717) is 24.2 Å². The van der Waals surface area contributed by atoms with Gasteiger partial charge in [-0.15, -0.1) is 8.78 Å². The summed E-state index contributed by atoms with van der Waals surface area (Å²) in [4.78, 5) is 16.4. The van der Waals surface area contributed by atoms with Crippen molar-refractivity contribution in [3.8, 4) is 11.5 Å². The summed E-state index contributed by atoms with van der Waals surface area (Å²) in [6.07, 6.45) is -0.414. The van der Waals surface area contributed by atoms with E-state index in [-0.39, 0.29) is 22.4 Å². The Balaban J connectivity index is 1.57. The van der Waals surface area contributed by atoms with Crippen LogP contribution in [0, 0.1) is 0 Å². The second-order valence-electron chi connectivity index (χ2n) is 6.22. The van der Waals surface area contributed by atoms with Gasteiger partial charge < -0.3 is 19.8 Å². The van der Waals surface area contributed by atoms with Gasteiger partial charge in [0.1, 0.15) is 6.04 Å². The lowest BCUT2D eigenvalue weighted by Gasteiger charge is -2.19. The number of hydrogen-bond donors (Lipinski definition) is 2. The van der Waals surface area contributed by atoms with E-state index in [1.54, 1.807) is 7.05 Å². The highest BCUT2D eigenvalue weighted by Crippen LogP contribution is 2.45. The SMILES string of the molecule is CN1NC(C(=O)NC2=NCCC=C2F)C=C1c1cc2c(cc1Cl)OC(F)(F)O2. The summed E-state index contributed by atoms with van der Waals surface area (Å²) < 4.78 is 49.0. The smallest absolute Gasteiger partial charge is 0.395 e. The van der Waals surface area contributed by atoms with Crippen LogP contribution in [0.4, 0.5) is 13.2 Å². The minimum Gasteiger partial charge on any atom is -0.395 e. The number of amidine groups is 1. The molecule has 11 heteroatoms. The van der Waals surface area contributed by atoms with Gasteiger partial charge in [-0.1, -0.05) is 11.6 Å². The van der Waals surface area contributed by atoms with Crippen molar-refractivity contribution in [2.75, 3.05) is 13.6 Å². The highest BCUT2D eigenvalue weighted by atomic mass is 35.5. The van der Waals surface area contributed by atoms with Crippen molar-refractivity contribution in [3.05, 3.63) is 40.7 Å². The number of alkyl halides is 2. The van der Waals surface area contributed by atoms with E-state index in [1.165, 1.54) is 29.3 Å². The summed E-state index contributed by atoms with van der Waals surface area (Å²) >= 11 is 6.20. The van der Waals surface area contributed by atoms with Crippen LogP contribution >= 0.6 is 11.6 Å². The van der Waals surface area contributed by atoms with E-state index in [4.69, 9.17) is 11.6 Å². The van der Waals surface area contributed by atoms with Gasteiger partial charge in [-0.2, -0.15) is 0 Å². The molecule has 0 radical (unpaired) electrons. The summed E-state index contributed by atoms with van der Waals surface area (Å²) in [5, 5.41) is 4.06. The number of nitrogens with one attached hydrogen (secondary N) is 2. The van der Waals surface area contributed by atoms with Crippen LogP contribution < -0.4 is 20.2 Å². The fraction of sp³-hybridized carbons (Fsp3) is 0.294. The van der Waals surface area contributed by atoms with E-state index in [2.05, 4.69) is 25.2 Å². The molecule has 0 fully saturated rings. The zero-order valence-corrected chi connectivity index (χ0v) is 15.2. The number of amides is 1. The first-order valence-corrected chi connectivity index (χ1v) is 8.64. The van der Waals surface area contributed by atoms with Gasteiger partial charge in [0.05, 0.1) is 10.7 Å². The molecule has 7 nitrogen and oxygen atoms in total. The number of hydrazine groups is 1. The van der Waals surface area contributed by atoms with E-state index in [9.17, 15) is 18.0 Å². The average molecular weight is 415 g/mol. The molecular weight excluding hydrogens is 401 g/mol. The van der Waals surface area contributed by atoms with Crippen molar-refractivity contribution in [1.82, 2.24) is 15.8 Å². The van der Waals surface area contributed by atoms with Gasteiger partial charge in [-0.25, -0.2) is 9.82 Å².